The molecule has 0 fully saturated rings. The molecule has 6 nitrogen and oxygen atoms in total. The number of ether oxygens (including phenoxy) is 3. The molecule has 0 aliphatic heterocycles. The second-order valence-corrected chi connectivity index (χ2v) is 5.72. The Hall–Kier alpha value is -3.07. The van der Waals surface area contributed by atoms with Gasteiger partial charge in [-0.15, -0.1) is 0 Å². The molecule has 0 amide bonds. The maximum absolute atomic E-state index is 12.7. The van der Waals surface area contributed by atoms with Crippen LogP contribution in [0.15, 0.2) is 43.1 Å². The molecule has 0 N–H and O–H groups in total. The highest BCUT2D eigenvalue weighted by atomic mass is 35.5. The van der Waals surface area contributed by atoms with Crippen LogP contribution in [0.2, 0.25) is 5.02 Å². The average Bonchev–Trinajstić information content (AvgIpc) is 2.62. The van der Waals surface area contributed by atoms with Crippen LogP contribution in [0, 0.1) is 0 Å². The van der Waals surface area contributed by atoms with Gasteiger partial charge in [0.2, 0.25) is 11.6 Å². The Kier molecular flexibility index (Phi) is 6.63. The quantitative estimate of drug-likeness (QED) is 0.373. The van der Waals surface area contributed by atoms with E-state index in [4.69, 9.17) is 25.8 Å². The third-order valence-electron chi connectivity index (χ3n) is 3.08. The fourth-order valence-corrected chi connectivity index (χ4v) is 2.08. The van der Waals surface area contributed by atoms with Crippen molar-refractivity contribution in [1.29, 1.82) is 0 Å². The number of Topliss-reactive ketones (excluding diaryl/α,β-unsaturated/α-hetero) is 1. The molecule has 0 saturated carbocycles. The number of ketones is 1. The standard InChI is InChI=1S/C18H13ClF3NO5/c1-3-15(25)28-16-13(26-9-10(2)24)5-4-6-14(16)27-17-12(19)7-11(8-23-17)18(20,21)22/h3-8H,1,9H2,2H3. The number of carbonyl (C=O) groups is 2. The Balaban J connectivity index is 2.41. The molecule has 0 aliphatic rings. The second kappa shape index (κ2) is 8.75. The summed E-state index contributed by atoms with van der Waals surface area (Å²) in [5.41, 5.74) is -1.05. The first-order valence-electron chi connectivity index (χ1n) is 7.62. The number of hydrogen-bond donors (Lipinski definition) is 0. The topological polar surface area (TPSA) is 74.7 Å². The number of esters is 1. The Morgan fingerprint density at radius 2 is 1.96 bits per heavy atom. The van der Waals surface area contributed by atoms with E-state index in [1.165, 1.54) is 25.1 Å². The number of hydrogen-bond acceptors (Lipinski definition) is 6. The lowest BCUT2D eigenvalue weighted by atomic mass is 10.2. The summed E-state index contributed by atoms with van der Waals surface area (Å²) in [6, 6.07) is 4.86. The summed E-state index contributed by atoms with van der Waals surface area (Å²) in [7, 11) is 0. The third-order valence-corrected chi connectivity index (χ3v) is 3.36. The van der Waals surface area contributed by atoms with Crippen LogP contribution in [0.3, 0.4) is 0 Å². The van der Waals surface area contributed by atoms with Crippen molar-refractivity contribution in [2.45, 2.75) is 13.1 Å². The average molecular weight is 416 g/mol. The zero-order chi connectivity index (χ0) is 20.9. The van der Waals surface area contributed by atoms with E-state index in [2.05, 4.69) is 11.6 Å². The maximum Gasteiger partial charge on any atom is 0.417 e. The van der Waals surface area contributed by atoms with E-state index in [1.54, 1.807) is 0 Å². The summed E-state index contributed by atoms with van der Waals surface area (Å²) in [6.07, 6.45) is -3.19. The van der Waals surface area contributed by atoms with E-state index >= 15 is 0 Å². The molecule has 0 atom stereocenters. The van der Waals surface area contributed by atoms with E-state index in [0.717, 1.165) is 6.08 Å². The molecule has 10 heteroatoms. The van der Waals surface area contributed by atoms with Gasteiger partial charge >= 0.3 is 12.1 Å². The van der Waals surface area contributed by atoms with Crippen molar-refractivity contribution in [2.75, 3.05) is 6.61 Å². The van der Waals surface area contributed by atoms with Gasteiger partial charge in [0.1, 0.15) is 11.6 Å². The van der Waals surface area contributed by atoms with Crippen molar-refractivity contribution in [3.05, 3.63) is 53.7 Å². The molecule has 0 unspecified atom stereocenters. The van der Waals surface area contributed by atoms with Crippen LogP contribution < -0.4 is 14.2 Å². The van der Waals surface area contributed by atoms with E-state index in [1.807, 2.05) is 0 Å². The Bertz CT molecular complexity index is 915. The first-order chi connectivity index (χ1) is 13.1. The van der Waals surface area contributed by atoms with Crippen LogP contribution in [0.4, 0.5) is 13.2 Å². The molecule has 2 rings (SSSR count). The van der Waals surface area contributed by atoms with Crippen LogP contribution in [-0.4, -0.2) is 23.3 Å². The van der Waals surface area contributed by atoms with Gasteiger partial charge in [0.25, 0.3) is 0 Å². The van der Waals surface area contributed by atoms with Crippen LogP contribution in [0.25, 0.3) is 0 Å². The van der Waals surface area contributed by atoms with Crippen LogP contribution >= 0.6 is 11.6 Å². The highest BCUT2D eigenvalue weighted by Crippen LogP contribution is 2.41. The molecule has 148 valence electrons. The summed E-state index contributed by atoms with van der Waals surface area (Å²) < 4.78 is 53.9. The lowest BCUT2D eigenvalue weighted by Crippen LogP contribution is -2.10. The van der Waals surface area contributed by atoms with Crippen LogP contribution in [-0.2, 0) is 15.8 Å². The zero-order valence-electron chi connectivity index (χ0n) is 14.4. The number of alkyl halides is 3. The number of para-hydroxylation sites is 1. The molecule has 1 aromatic carbocycles. The minimum absolute atomic E-state index is 0.00839. The number of pyridine rings is 1. The number of nitrogens with zero attached hydrogens (tertiary/aromatic N) is 1. The van der Waals surface area contributed by atoms with Crippen molar-refractivity contribution in [1.82, 2.24) is 4.98 Å². The molecule has 28 heavy (non-hydrogen) atoms. The molecule has 1 aromatic heterocycles. The van der Waals surface area contributed by atoms with Gasteiger partial charge in [0.05, 0.1) is 5.56 Å². The highest BCUT2D eigenvalue weighted by Gasteiger charge is 2.32. The van der Waals surface area contributed by atoms with Crippen molar-refractivity contribution in [3.63, 3.8) is 0 Å². The van der Waals surface area contributed by atoms with Crippen molar-refractivity contribution >= 4 is 23.4 Å². The number of carbonyl (C=O) groups excluding carboxylic acids is 2. The lowest BCUT2D eigenvalue weighted by molar-refractivity contribution is -0.138. The molecular weight excluding hydrogens is 403 g/mol. The van der Waals surface area contributed by atoms with E-state index in [-0.39, 0.29) is 35.5 Å². The van der Waals surface area contributed by atoms with Gasteiger partial charge < -0.3 is 14.2 Å². The summed E-state index contributed by atoms with van der Waals surface area (Å²) in [5, 5.41) is -0.411. The van der Waals surface area contributed by atoms with E-state index in [9.17, 15) is 22.8 Å². The van der Waals surface area contributed by atoms with Gasteiger partial charge in [-0.3, -0.25) is 4.79 Å². The number of rotatable bonds is 7. The molecular formula is C18H13ClF3NO5. The predicted molar refractivity (Wildman–Crippen MR) is 92.8 cm³/mol. The third kappa shape index (κ3) is 5.46. The van der Waals surface area contributed by atoms with Gasteiger partial charge in [-0.1, -0.05) is 24.2 Å². The van der Waals surface area contributed by atoms with Gasteiger partial charge in [0.15, 0.2) is 17.3 Å². The minimum atomic E-state index is -4.62. The Morgan fingerprint density at radius 1 is 1.29 bits per heavy atom. The fraction of sp³-hybridized carbons (Fsp3) is 0.167. The summed E-state index contributed by atoms with van der Waals surface area (Å²) in [4.78, 5) is 26.3. The van der Waals surface area contributed by atoms with Gasteiger partial charge in [0, 0.05) is 12.3 Å². The molecule has 0 saturated heterocycles. The van der Waals surface area contributed by atoms with E-state index in [0.29, 0.717) is 12.3 Å². The predicted octanol–water partition coefficient (Wildman–Crippen LogP) is 4.61. The normalized spacial score (nSPS) is 10.9. The summed E-state index contributed by atoms with van der Waals surface area (Å²) in [5.74, 6) is -1.84. The van der Waals surface area contributed by atoms with E-state index < -0.39 is 22.7 Å². The number of benzene rings is 1. The molecule has 1 heterocycles. The van der Waals surface area contributed by atoms with Crippen molar-refractivity contribution in [2.24, 2.45) is 0 Å². The summed E-state index contributed by atoms with van der Waals surface area (Å²) >= 11 is 5.83. The first-order valence-corrected chi connectivity index (χ1v) is 7.99. The second-order valence-electron chi connectivity index (χ2n) is 5.31. The molecule has 0 radical (unpaired) electrons. The SMILES string of the molecule is C=CC(=O)Oc1c(OCC(C)=O)cccc1Oc1ncc(C(F)(F)F)cc1Cl. The molecule has 2 aromatic rings. The number of aromatic nitrogens is 1. The molecule has 0 aliphatic carbocycles. The maximum atomic E-state index is 12.7. The smallest absolute Gasteiger partial charge is 0.417 e. The number of halogens is 4. The van der Waals surface area contributed by atoms with Crippen LogP contribution in [0.5, 0.6) is 23.1 Å². The van der Waals surface area contributed by atoms with Crippen molar-refractivity contribution in [3.8, 4) is 23.1 Å². The van der Waals surface area contributed by atoms with Gasteiger partial charge in [-0.05, 0) is 25.1 Å². The first kappa shape index (κ1) is 21.2. The fourth-order valence-electron chi connectivity index (χ4n) is 1.87. The Labute approximate surface area is 162 Å². The largest absolute Gasteiger partial charge is 0.482 e. The summed E-state index contributed by atoms with van der Waals surface area (Å²) in [6.45, 7) is 4.26. The van der Waals surface area contributed by atoms with Crippen molar-refractivity contribution < 1.29 is 37.0 Å². The Morgan fingerprint density at radius 3 is 2.54 bits per heavy atom. The van der Waals surface area contributed by atoms with Gasteiger partial charge in [-0.2, -0.15) is 13.2 Å². The zero-order valence-corrected chi connectivity index (χ0v) is 15.1. The lowest BCUT2D eigenvalue weighted by Gasteiger charge is -2.15. The molecule has 0 spiro atoms. The minimum Gasteiger partial charge on any atom is -0.482 e. The monoisotopic (exact) mass is 415 g/mol. The van der Waals surface area contributed by atoms with Gasteiger partial charge in [-0.25, -0.2) is 9.78 Å². The molecule has 0 bridgehead atoms. The van der Waals surface area contributed by atoms with Crippen LogP contribution in [0.1, 0.15) is 12.5 Å². The highest BCUT2D eigenvalue weighted by molar-refractivity contribution is 6.31.